The largest absolute Gasteiger partial charge is 0.332 e. The van der Waals surface area contributed by atoms with Crippen LogP contribution in [0.3, 0.4) is 0 Å². The molecule has 1 fully saturated rings. The fourth-order valence-electron chi connectivity index (χ4n) is 3.82. The molecule has 2 atom stereocenters. The Hall–Kier alpha value is -2.48. The maximum atomic E-state index is 14.8. The first-order chi connectivity index (χ1) is 13.7. The molecular formula is C22H23F5N2O. The van der Waals surface area contributed by atoms with Gasteiger partial charge in [-0.1, -0.05) is 30.3 Å². The minimum Gasteiger partial charge on any atom is -0.332 e. The SMILES string of the molecule is CN1CN[C@](C)(c2cc(C(C)(F)F)ccc2F)[C@@H](c2ccc(C(C)(F)F)cc2)C1=O. The summed E-state index contributed by atoms with van der Waals surface area (Å²) in [5.41, 5.74) is -1.68. The van der Waals surface area contributed by atoms with Crippen LogP contribution in [-0.2, 0) is 22.2 Å². The van der Waals surface area contributed by atoms with E-state index in [4.69, 9.17) is 0 Å². The number of carbonyl (C=O) groups is 1. The Bertz CT molecular complexity index is 949. The van der Waals surface area contributed by atoms with E-state index in [-0.39, 0.29) is 29.3 Å². The Morgan fingerprint density at radius 3 is 2.07 bits per heavy atom. The molecule has 2 aromatic carbocycles. The van der Waals surface area contributed by atoms with Crippen molar-refractivity contribution in [1.29, 1.82) is 0 Å². The Balaban J connectivity index is 2.15. The van der Waals surface area contributed by atoms with E-state index in [0.717, 1.165) is 25.1 Å². The van der Waals surface area contributed by atoms with Crippen LogP contribution < -0.4 is 5.32 Å². The Kier molecular flexibility index (Phi) is 5.43. The lowest BCUT2D eigenvalue weighted by atomic mass is 9.73. The smallest absolute Gasteiger partial charge is 0.270 e. The third-order valence-electron chi connectivity index (χ3n) is 5.67. The topological polar surface area (TPSA) is 32.3 Å². The third-order valence-corrected chi connectivity index (χ3v) is 5.67. The number of nitrogens with one attached hydrogen (secondary N) is 1. The van der Waals surface area contributed by atoms with Gasteiger partial charge in [0.15, 0.2) is 0 Å². The summed E-state index contributed by atoms with van der Waals surface area (Å²) in [7, 11) is 1.55. The van der Waals surface area contributed by atoms with Crippen LogP contribution in [0.4, 0.5) is 22.0 Å². The van der Waals surface area contributed by atoms with E-state index in [2.05, 4.69) is 5.32 Å². The van der Waals surface area contributed by atoms with Crippen LogP contribution in [0.25, 0.3) is 0 Å². The van der Waals surface area contributed by atoms with Crippen LogP contribution in [0.2, 0.25) is 0 Å². The number of benzene rings is 2. The molecule has 2 aromatic rings. The minimum absolute atomic E-state index is 0.0726. The molecule has 3 nitrogen and oxygen atoms in total. The summed E-state index contributed by atoms with van der Waals surface area (Å²) < 4.78 is 69.8. The zero-order valence-corrected chi connectivity index (χ0v) is 17.1. The molecule has 0 spiro atoms. The summed E-state index contributed by atoms with van der Waals surface area (Å²) in [6.45, 7) is 3.10. The lowest BCUT2D eigenvalue weighted by molar-refractivity contribution is -0.138. The molecule has 0 aromatic heterocycles. The molecule has 0 unspecified atom stereocenters. The van der Waals surface area contributed by atoms with Gasteiger partial charge in [-0.15, -0.1) is 0 Å². The van der Waals surface area contributed by atoms with Gasteiger partial charge in [0, 0.05) is 37.6 Å². The van der Waals surface area contributed by atoms with Crippen LogP contribution in [0.1, 0.15) is 48.9 Å². The zero-order valence-electron chi connectivity index (χ0n) is 17.1. The molecule has 1 saturated heterocycles. The molecule has 8 heteroatoms. The monoisotopic (exact) mass is 426 g/mol. The second-order valence-corrected chi connectivity index (χ2v) is 8.10. The van der Waals surface area contributed by atoms with Crippen LogP contribution in [0, 0.1) is 5.82 Å². The fourth-order valence-corrected chi connectivity index (χ4v) is 3.82. The van der Waals surface area contributed by atoms with Crippen LogP contribution in [0.15, 0.2) is 42.5 Å². The standard InChI is InChI=1S/C22H23F5N2O/c1-20(16-11-15(22(3,26)27)9-10-17(16)23)18(19(30)29(4)12-28-20)13-5-7-14(8-6-13)21(2,24)25/h5-11,18,28H,12H2,1-4H3/t18-,20+/m0/s1. The molecule has 0 radical (unpaired) electrons. The van der Waals surface area contributed by atoms with E-state index in [1.165, 1.54) is 29.2 Å². The van der Waals surface area contributed by atoms with Gasteiger partial charge in [-0.3, -0.25) is 10.1 Å². The van der Waals surface area contributed by atoms with Crippen molar-refractivity contribution in [2.24, 2.45) is 0 Å². The highest BCUT2D eigenvalue weighted by Gasteiger charge is 2.48. The van der Waals surface area contributed by atoms with Crippen LogP contribution >= 0.6 is 0 Å². The maximum Gasteiger partial charge on any atom is 0.270 e. The minimum atomic E-state index is -3.20. The fraction of sp³-hybridized carbons (Fsp3) is 0.409. The number of hydrogen-bond acceptors (Lipinski definition) is 2. The van der Waals surface area contributed by atoms with E-state index in [9.17, 15) is 26.7 Å². The highest BCUT2D eigenvalue weighted by molar-refractivity contribution is 5.86. The van der Waals surface area contributed by atoms with Crippen molar-refractivity contribution < 1.29 is 26.7 Å². The normalized spacial score (nSPS) is 23.0. The van der Waals surface area contributed by atoms with Crippen LogP contribution in [-0.4, -0.2) is 24.5 Å². The molecule has 1 aliphatic rings. The molecule has 0 aliphatic carbocycles. The molecule has 1 amide bonds. The molecule has 30 heavy (non-hydrogen) atoms. The molecule has 0 saturated carbocycles. The van der Waals surface area contributed by atoms with Gasteiger partial charge in [0.05, 0.1) is 18.1 Å². The zero-order chi connectivity index (χ0) is 22.5. The van der Waals surface area contributed by atoms with Gasteiger partial charge < -0.3 is 4.90 Å². The molecule has 0 bridgehead atoms. The molecule has 1 aliphatic heterocycles. The van der Waals surface area contributed by atoms with Gasteiger partial charge in [0.2, 0.25) is 5.91 Å². The van der Waals surface area contributed by atoms with Crippen molar-refractivity contribution in [2.75, 3.05) is 13.7 Å². The van der Waals surface area contributed by atoms with E-state index < -0.39 is 29.1 Å². The molecule has 1 N–H and O–H groups in total. The van der Waals surface area contributed by atoms with Crippen LogP contribution in [0.5, 0.6) is 0 Å². The highest BCUT2D eigenvalue weighted by atomic mass is 19.3. The van der Waals surface area contributed by atoms with Gasteiger partial charge >= 0.3 is 0 Å². The number of likely N-dealkylation sites (N-methyl/N-ethyl adjacent to an activating group) is 1. The molecule has 1 heterocycles. The Labute approximate surface area is 171 Å². The maximum absolute atomic E-state index is 14.8. The highest BCUT2D eigenvalue weighted by Crippen LogP contribution is 2.43. The van der Waals surface area contributed by atoms with Gasteiger partial charge in [-0.05, 0) is 24.6 Å². The lowest BCUT2D eigenvalue weighted by Crippen LogP contribution is -2.59. The summed E-state index contributed by atoms with van der Waals surface area (Å²) in [5, 5.41) is 3.08. The number of alkyl halides is 4. The van der Waals surface area contributed by atoms with Crippen molar-refractivity contribution in [3.05, 3.63) is 70.5 Å². The van der Waals surface area contributed by atoms with Gasteiger partial charge in [-0.2, -0.15) is 0 Å². The predicted octanol–water partition coefficient (Wildman–Crippen LogP) is 5.07. The first-order valence-corrected chi connectivity index (χ1v) is 9.42. The lowest BCUT2D eigenvalue weighted by Gasteiger charge is -2.45. The van der Waals surface area contributed by atoms with Crippen molar-refractivity contribution in [3.8, 4) is 0 Å². The second kappa shape index (κ2) is 7.34. The van der Waals surface area contributed by atoms with Gasteiger partial charge in [0.25, 0.3) is 11.8 Å². The predicted molar refractivity (Wildman–Crippen MR) is 103 cm³/mol. The van der Waals surface area contributed by atoms with E-state index in [1.807, 2.05) is 0 Å². The molecule has 3 rings (SSSR count). The van der Waals surface area contributed by atoms with Crippen molar-refractivity contribution >= 4 is 5.91 Å². The van der Waals surface area contributed by atoms with E-state index >= 15 is 0 Å². The number of hydrogen-bond donors (Lipinski definition) is 1. The quantitative estimate of drug-likeness (QED) is 0.693. The third kappa shape index (κ3) is 3.93. The summed E-state index contributed by atoms with van der Waals surface area (Å²) >= 11 is 0. The first-order valence-electron chi connectivity index (χ1n) is 9.42. The summed E-state index contributed by atoms with van der Waals surface area (Å²) in [5.74, 6) is -8.37. The van der Waals surface area contributed by atoms with Gasteiger partial charge in [-0.25, -0.2) is 22.0 Å². The summed E-state index contributed by atoms with van der Waals surface area (Å²) in [4.78, 5) is 14.4. The summed E-state index contributed by atoms with van der Waals surface area (Å²) in [6.07, 6.45) is 0. The summed E-state index contributed by atoms with van der Waals surface area (Å²) in [6, 6.07) is 8.23. The average molecular weight is 426 g/mol. The number of halogens is 5. The van der Waals surface area contributed by atoms with Crippen molar-refractivity contribution in [2.45, 2.75) is 44.1 Å². The van der Waals surface area contributed by atoms with Crippen molar-refractivity contribution in [3.63, 3.8) is 0 Å². The molecular weight excluding hydrogens is 403 g/mol. The number of nitrogens with zero attached hydrogens (tertiary/aromatic N) is 1. The van der Waals surface area contributed by atoms with Crippen molar-refractivity contribution in [1.82, 2.24) is 10.2 Å². The second-order valence-electron chi connectivity index (χ2n) is 8.10. The number of amides is 1. The number of rotatable bonds is 4. The van der Waals surface area contributed by atoms with E-state index in [1.54, 1.807) is 14.0 Å². The Morgan fingerprint density at radius 1 is 1.00 bits per heavy atom. The number of carbonyl (C=O) groups excluding carboxylic acids is 1. The Morgan fingerprint density at radius 2 is 1.53 bits per heavy atom. The molecule has 162 valence electrons. The average Bonchev–Trinajstić information content (AvgIpc) is 2.64. The first kappa shape index (κ1) is 22.2. The van der Waals surface area contributed by atoms with E-state index in [0.29, 0.717) is 12.5 Å². The van der Waals surface area contributed by atoms with Gasteiger partial charge in [0.1, 0.15) is 5.82 Å².